The van der Waals surface area contributed by atoms with E-state index in [0.29, 0.717) is 16.7 Å². The van der Waals surface area contributed by atoms with Crippen molar-refractivity contribution in [1.82, 2.24) is 15.6 Å². The van der Waals surface area contributed by atoms with Crippen LogP contribution in [0.4, 0.5) is 13.2 Å². The second-order valence-electron chi connectivity index (χ2n) is 5.85. The molecule has 0 amide bonds. The minimum Gasteiger partial charge on any atom is -0.354 e. The zero-order valence-electron chi connectivity index (χ0n) is 14.6. The van der Waals surface area contributed by atoms with Crippen LogP contribution in [-0.2, 0) is 23.5 Å². The topological polar surface area (TPSA) is 66.4 Å². The summed E-state index contributed by atoms with van der Waals surface area (Å²) in [7, 11) is 0.809. The Bertz CT molecular complexity index is 624. The molecule has 150 valence electrons. The molecule has 1 aromatic rings. The third kappa shape index (κ3) is 6.95. The largest absolute Gasteiger partial charge is 0.434 e. The molecule has 5 nitrogen and oxygen atoms in total. The summed E-state index contributed by atoms with van der Waals surface area (Å²) in [5.74, 6) is 1.19. The lowest BCUT2D eigenvalue weighted by atomic mass is 9.95. The number of alkyl halides is 3. The van der Waals surface area contributed by atoms with Crippen molar-refractivity contribution in [3.63, 3.8) is 0 Å². The summed E-state index contributed by atoms with van der Waals surface area (Å²) in [6.07, 6.45) is -0.651. The van der Waals surface area contributed by atoms with E-state index < -0.39 is 22.7 Å². The monoisotopic (exact) mass is 524 g/mol. The molecule has 2 N–H and O–H groups in total. The lowest BCUT2D eigenvalue weighted by Crippen LogP contribution is -2.46. The molecule has 0 bridgehead atoms. The third-order valence-electron chi connectivity index (χ3n) is 4.10. The van der Waals surface area contributed by atoms with Crippen LogP contribution in [0.5, 0.6) is 0 Å². The minimum absolute atomic E-state index is 0. The van der Waals surface area contributed by atoms with Crippen LogP contribution in [0.3, 0.4) is 0 Å². The minimum atomic E-state index is -4.42. The van der Waals surface area contributed by atoms with Crippen LogP contribution in [0.15, 0.2) is 10.4 Å². The van der Waals surface area contributed by atoms with E-state index in [1.807, 2.05) is 6.92 Å². The third-order valence-corrected chi connectivity index (χ3v) is 6.69. The zero-order valence-corrected chi connectivity index (χ0v) is 18.6. The summed E-state index contributed by atoms with van der Waals surface area (Å²) in [4.78, 5) is 7.70. The molecule has 0 radical (unpaired) electrons. The highest BCUT2D eigenvalue weighted by molar-refractivity contribution is 14.0. The first-order valence-electron chi connectivity index (χ1n) is 8.19. The molecule has 0 spiro atoms. The summed E-state index contributed by atoms with van der Waals surface area (Å²) in [6, 6.07) is 0.169. The number of nitrogens with zero attached hydrogens (tertiary/aromatic N) is 2. The maximum absolute atomic E-state index is 12.6. The molecule has 1 saturated carbocycles. The molecule has 1 fully saturated rings. The molecular weight excluding hydrogens is 500 g/mol. The van der Waals surface area contributed by atoms with Crippen molar-refractivity contribution < 1.29 is 17.4 Å². The molecule has 0 aromatic carbocycles. The van der Waals surface area contributed by atoms with Crippen molar-refractivity contribution in [2.45, 2.75) is 56.6 Å². The van der Waals surface area contributed by atoms with E-state index >= 15 is 0 Å². The Morgan fingerprint density at radius 1 is 1.46 bits per heavy atom. The second-order valence-corrected chi connectivity index (χ2v) is 8.80. The average Bonchev–Trinajstić information content (AvgIpc) is 3.07. The van der Waals surface area contributed by atoms with E-state index in [9.17, 15) is 17.4 Å². The van der Waals surface area contributed by atoms with Gasteiger partial charge in [0, 0.05) is 40.3 Å². The molecule has 0 saturated heterocycles. The molecule has 1 aliphatic carbocycles. The van der Waals surface area contributed by atoms with Gasteiger partial charge >= 0.3 is 6.18 Å². The Hall–Kier alpha value is -0.430. The number of aromatic nitrogens is 1. The van der Waals surface area contributed by atoms with Gasteiger partial charge in [-0.25, -0.2) is 4.98 Å². The lowest BCUT2D eigenvalue weighted by molar-refractivity contribution is -0.140. The summed E-state index contributed by atoms with van der Waals surface area (Å²) in [6.45, 7) is 2.11. The Balaban J connectivity index is 0.00000338. The van der Waals surface area contributed by atoms with Crippen molar-refractivity contribution in [3.05, 3.63) is 16.1 Å². The van der Waals surface area contributed by atoms with Gasteiger partial charge in [0.05, 0.1) is 6.54 Å². The van der Waals surface area contributed by atoms with Gasteiger partial charge in [-0.1, -0.05) is 13.3 Å². The summed E-state index contributed by atoms with van der Waals surface area (Å²) in [5, 5.41) is 7.84. The zero-order chi connectivity index (χ0) is 18.4. The summed E-state index contributed by atoms with van der Waals surface area (Å²) < 4.78 is 49.7. The molecule has 1 heterocycles. The van der Waals surface area contributed by atoms with Crippen LogP contribution in [0.25, 0.3) is 0 Å². The Labute approximate surface area is 175 Å². The molecule has 2 rings (SSSR count). The standard InChI is InChI=1S/C15H23F3N4OS2.HI/c1-3-25(23)11-6-4-5-10(7-11)21-14(19-2)20-8-13-22-12(9-24-13)15(16,17)18;/h9-11H,3-8H2,1-2H3,(H2,19,20,21);1H. The van der Waals surface area contributed by atoms with E-state index in [-0.39, 0.29) is 41.8 Å². The first-order chi connectivity index (χ1) is 11.8. The van der Waals surface area contributed by atoms with Gasteiger partial charge in [-0.3, -0.25) is 9.20 Å². The number of thiazole rings is 1. The number of rotatable bonds is 5. The van der Waals surface area contributed by atoms with E-state index in [0.717, 1.165) is 42.4 Å². The smallest absolute Gasteiger partial charge is 0.354 e. The predicted octanol–water partition coefficient (Wildman–Crippen LogP) is 3.52. The van der Waals surface area contributed by atoms with Crippen LogP contribution < -0.4 is 10.6 Å². The summed E-state index contributed by atoms with van der Waals surface area (Å²) in [5.41, 5.74) is -0.866. The van der Waals surface area contributed by atoms with Crippen molar-refractivity contribution in [2.24, 2.45) is 4.99 Å². The lowest BCUT2D eigenvalue weighted by Gasteiger charge is -2.30. The number of aliphatic imine (C=N–C) groups is 1. The SMILES string of the molecule is CCS(=O)C1CCCC(NC(=NC)NCc2nc(C(F)(F)F)cs2)C1.I. The summed E-state index contributed by atoms with van der Waals surface area (Å²) >= 11 is 0.966. The van der Waals surface area contributed by atoms with Crippen molar-refractivity contribution in [3.8, 4) is 0 Å². The molecule has 26 heavy (non-hydrogen) atoms. The van der Waals surface area contributed by atoms with Gasteiger partial charge in [-0.15, -0.1) is 35.3 Å². The van der Waals surface area contributed by atoms with Gasteiger partial charge in [0.25, 0.3) is 0 Å². The maximum Gasteiger partial charge on any atom is 0.434 e. The van der Waals surface area contributed by atoms with Gasteiger partial charge in [0.1, 0.15) is 5.01 Å². The quantitative estimate of drug-likeness (QED) is 0.352. The fourth-order valence-corrected chi connectivity index (χ4v) is 4.91. The fourth-order valence-electron chi connectivity index (χ4n) is 2.82. The van der Waals surface area contributed by atoms with Gasteiger partial charge in [-0.2, -0.15) is 13.2 Å². The van der Waals surface area contributed by atoms with Crippen molar-refractivity contribution in [2.75, 3.05) is 12.8 Å². The Morgan fingerprint density at radius 3 is 2.77 bits per heavy atom. The molecule has 11 heteroatoms. The molecule has 3 unspecified atom stereocenters. The number of hydrogen-bond donors (Lipinski definition) is 2. The molecule has 1 aliphatic rings. The van der Waals surface area contributed by atoms with Crippen LogP contribution in [0.2, 0.25) is 0 Å². The highest BCUT2D eigenvalue weighted by Gasteiger charge is 2.33. The maximum atomic E-state index is 12.6. The van der Waals surface area contributed by atoms with E-state index in [4.69, 9.17) is 0 Å². The molecule has 0 aliphatic heterocycles. The number of hydrogen-bond acceptors (Lipinski definition) is 4. The van der Waals surface area contributed by atoms with E-state index in [1.54, 1.807) is 7.05 Å². The Kier molecular flexibility index (Phi) is 9.80. The van der Waals surface area contributed by atoms with Gasteiger partial charge in [0.15, 0.2) is 11.7 Å². The van der Waals surface area contributed by atoms with Crippen LogP contribution in [-0.4, -0.2) is 39.2 Å². The van der Waals surface area contributed by atoms with Crippen LogP contribution in [0.1, 0.15) is 43.3 Å². The highest BCUT2D eigenvalue weighted by atomic mass is 127. The second kappa shape index (κ2) is 10.8. The van der Waals surface area contributed by atoms with Crippen molar-refractivity contribution >= 4 is 52.1 Å². The van der Waals surface area contributed by atoms with E-state index in [2.05, 4.69) is 20.6 Å². The number of nitrogens with one attached hydrogen (secondary N) is 2. The first-order valence-corrected chi connectivity index (χ1v) is 10.5. The van der Waals surface area contributed by atoms with Crippen LogP contribution in [0, 0.1) is 0 Å². The van der Waals surface area contributed by atoms with Crippen molar-refractivity contribution in [1.29, 1.82) is 0 Å². The fraction of sp³-hybridized carbons (Fsp3) is 0.733. The number of halogens is 4. The van der Waals surface area contributed by atoms with Gasteiger partial charge in [-0.05, 0) is 19.3 Å². The normalized spacial score (nSPS) is 22.4. The highest BCUT2D eigenvalue weighted by Crippen LogP contribution is 2.30. The Morgan fingerprint density at radius 2 is 2.19 bits per heavy atom. The first kappa shape index (κ1) is 23.6. The average molecular weight is 524 g/mol. The van der Waals surface area contributed by atoms with Gasteiger partial charge in [0.2, 0.25) is 0 Å². The molecular formula is C15H24F3IN4OS2. The van der Waals surface area contributed by atoms with E-state index in [1.165, 1.54) is 0 Å². The molecule has 1 aromatic heterocycles. The van der Waals surface area contributed by atoms with Gasteiger partial charge < -0.3 is 10.6 Å². The molecule has 3 atom stereocenters. The number of guanidine groups is 1. The predicted molar refractivity (Wildman–Crippen MR) is 111 cm³/mol. The van der Waals surface area contributed by atoms with Crippen LogP contribution >= 0.6 is 35.3 Å².